The maximum Gasteiger partial charge on any atom is 0.245 e. The van der Waals surface area contributed by atoms with E-state index in [-0.39, 0.29) is 30.1 Å². The quantitative estimate of drug-likeness (QED) is 0.698. The van der Waals surface area contributed by atoms with Crippen molar-refractivity contribution in [3.8, 4) is 11.1 Å². The molecule has 7 heteroatoms. The fraction of sp³-hybridized carbons (Fsp3) is 0.400. The summed E-state index contributed by atoms with van der Waals surface area (Å²) in [6, 6.07) is 13.4. The first kappa shape index (κ1) is 22.0. The summed E-state index contributed by atoms with van der Waals surface area (Å²) >= 11 is 0. The van der Waals surface area contributed by atoms with Crippen LogP contribution in [-0.4, -0.2) is 71.2 Å². The lowest BCUT2D eigenvalue weighted by atomic mass is 9.98. The van der Waals surface area contributed by atoms with Crippen LogP contribution in [0.2, 0.25) is 0 Å². The van der Waals surface area contributed by atoms with Gasteiger partial charge in [-0.25, -0.2) is 4.39 Å². The molecule has 168 valence electrons. The topological polar surface area (TPSA) is 60.9 Å². The molecule has 2 fully saturated rings. The van der Waals surface area contributed by atoms with Crippen LogP contribution in [0.4, 0.5) is 4.39 Å². The molecular formula is C25H28FN3O3. The first-order chi connectivity index (χ1) is 15.5. The molecule has 2 aliphatic rings. The van der Waals surface area contributed by atoms with E-state index in [1.54, 1.807) is 32.9 Å². The van der Waals surface area contributed by atoms with Crippen LogP contribution in [0.15, 0.2) is 48.5 Å². The molecule has 0 bridgehead atoms. The van der Waals surface area contributed by atoms with Crippen LogP contribution in [0.25, 0.3) is 11.1 Å². The highest BCUT2D eigenvalue weighted by atomic mass is 19.1. The van der Waals surface area contributed by atoms with Gasteiger partial charge in [-0.05, 0) is 30.5 Å². The van der Waals surface area contributed by atoms with Crippen molar-refractivity contribution in [2.24, 2.45) is 0 Å². The number of rotatable bonds is 6. The molecule has 2 aliphatic heterocycles. The third-order valence-electron chi connectivity index (χ3n) is 6.35. The average Bonchev–Trinajstić information content (AvgIpc) is 3.20. The zero-order valence-corrected chi connectivity index (χ0v) is 18.3. The number of piperazine rings is 1. The molecule has 0 radical (unpaired) electrons. The number of benzene rings is 2. The van der Waals surface area contributed by atoms with Gasteiger partial charge in [-0.3, -0.25) is 14.4 Å². The van der Waals surface area contributed by atoms with E-state index in [9.17, 15) is 18.8 Å². The van der Waals surface area contributed by atoms with E-state index in [0.29, 0.717) is 44.6 Å². The average molecular weight is 438 g/mol. The van der Waals surface area contributed by atoms with Gasteiger partial charge in [0.25, 0.3) is 0 Å². The van der Waals surface area contributed by atoms with Gasteiger partial charge < -0.3 is 14.7 Å². The minimum Gasteiger partial charge on any atom is -0.339 e. The minimum absolute atomic E-state index is 0.00264. The molecule has 0 aliphatic carbocycles. The Labute approximate surface area is 187 Å². The van der Waals surface area contributed by atoms with E-state index in [4.69, 9.17) is 0 Å². The zero-order valence-electron chi connectivity index (χ0n) is 18.3. The Morgan fingerprint density at radius 2 is 1.75 bits per heavy atom. The summed E-state index contributed by atoms with van der Waals surface area (Å²) in [6.45, 7) is 4.10. The molecule has 3 amide bonds. The molecule has 0 saturated carbocycles. The minimum atomic E-state index is -0.604. The van der Waals surface area contributed by atoms with Crippen molar-refractivity contribution in [1.82, 2.24) is 14.7 Å². The number of likely N-dealkylation sites (tertiary alicyclic amines) is 1. The van der Waals surface area contributed by atoms with E-state index >= 15 is 0 Å². The molecule has 2 aromatic carbocycles. The predicted octanol–water partition coefficient (Wildman–Crippen LogP) is 2.72. The van der Waals surface area contributed by atoms with Crippen molar-refractivity contribution >= 4 is 17.7 Å². The molecule has 6 nitrogen and oxygen atoms in total. The lowest BCUT2D eigenvalue weighted by Gasteiger charge is -2.41. The molecule has 0 aromatic heterocycles. The number of hydrogen-bond donors (Lipinski definition) is 0. The van der Waals surface area contributed by atoms with E-state index < -0.39 is 6.04 Å². The van der Waals surface area contributed by atoms with Crippen molar-refractivity contribution in [3.05, 3.63) is 59.9 Å². The molecular weight excluding hydrogens is 409 g/mol. The van der Waals surface area contributed by atoms with Crippen LogP contribution in [0.1, 0.15) is 25.3 Å². The van der Waals surface area contributed by atoms with Gasteiger partial charge in [0, 0.05) is 44.6 Å². The summed E-state index contributed by atoms with van der Waals surface area (Å²) in [5, 5.41) is 0. The van der Waals surface area contributed by atoms with Crippen LogP contribution in [-0.2, 0) is 20.8 Å². The lowest BCUT2D eigenvalue weighted by Crippen LogP contribution is -2.60. The zero-order chi connectivity index (χ0) is 22.7. The summed E-state index contributed by atoms with van der Waals surface area (Å²) in [7, 11) is 0. The van der Waals surface area contributed by atoms with Gasteiger partial charge in [0.1, 0.15) is 11.9 Å². The molecule has 32 heavy (non-hydrogen) atoms. The number of amides is 3. The molecule has 4 rings (SSSR count). The van der Waals surface area contributed by atoms with Crippen molar-refractivity contribution in [2.75, 3.05) is 32.7 Å². The smallest absolute Gasteiger partial charge is 0.245 e. The first-order valence-corrected chi connectivity index (χ1v) is 11.2. The van der Waals surface area contributed by atoms with Crippen LogP contribution in [0.5, 0.6) is 0 Å². The van der Waals surface area contributed by atoms with Crippen molar-refractivity contribution in [2.45, 2.75) is 32.2 Å². The first-order valence-electron chi connectivity index (χ1n) is 11.2. The monoisotopic (exact) mass is 437 g/mol. The van der Waals surface area contributed by atoms with Gasteiger partial charge >= 0.3 is 0 Å². The van der Waals surface area contributed by atoms with Gasteiger partial charge in [0.15, 0.2) is 0 Å². The molecule has 1 atom stereocenters. The maximum absolute atomic E-state index is 14.1. The van der Waals surface area contributed by atoms with Crippen molar-refractivity contribution < 1.29 is 18.8 Å². The maximum atomic E-state index is 14.1. The summed E-state index contributed by atoms with van der Waals surface area (Å²) in [5.74, 6) is -0.540. The molecule has 0 spiro atoms. The molecule has 0 N–H and O–H groups in total. The molecule has 0 unspecified atom stereocenters. The predicted molar refractivity (Wildman–Crippen MR) is 119 cm³/mol. The second-order valence-electron chi connectivity index (χ2n) is 8.32. The third kappa shape index (κ3) is 4.52. The highest BCUT2D eigenvalue weighted by Gasteiger charge is 2.38. The van der Waals surface area contributed by atoms with Crippen molar-refractivity contribution in [3.63, 3.8) is 0 Å². The van der Waals surface area contributed by atoms with Crippen molar-refractivity contribution in [1.29, 1.82) is 0 Å². The number of carbonyl (C=O) groups is 3. The van der Waals surface area contributed by atoms with E-state index in [1.165, 1.54) is 6.07 Å². The van der Waals surface area contributed by atoms with Gasteiger partial charge in [-0.1, -0.05) is 42.5 Å². The van der Waals surface area contributed by atoms with Gasteiger partial charge in [0.2, 0.25) is 17.7 Å². The largest absolute Gasteiger partial charge is 0.339 e. The highest BCUT2D eigenvalue weighted by Crippen LogP contribution is 2.24. The Kier molecular flexibility index (Phi) is 6.53. The molecule has 2 aromatic rings. The number of carbonyl (C=O) groups excluding carboxylic acids is 3. The SMILES string of the molecule is CCN1CCN(C(=O)CN2CCCC2=O)[C@H](Cc2ccc(-c3ccccc3F)cc2)C1=O. The van der Waals surface area contributed by atoms with Gasteiger partial charge in [0.05, 0.1) is 6.54 Å². The van der Waals surface area contributed by atoms with E-state index in [1.807, 2.05) is 31.2 Å². The van der Waals surface area contributed by atoms with Crippen LogP contribution in [0, 0.1) is 5.82 Å². The number of halogens is 1. The Morgan fingerprint density at radius 3 is 2.41 bits per heavy atom. The van der Waals surface area contributed by atoms with Crippen LogP contribution in [0.3, 0.4) is 0 Å². The second kappa shape index (κ2) is 9.51. The normalized spacial score (nSPS) is 19.1. The summed E-state index contributed by atoms with van der Waals surface area (Å²) < 4.78 is 14.1. The standard InChI is InChI=1S/C25H28FN3O3/c1-2-27-14-15-29(24(31)17-28-13-5-8-23(28)30)22(25(27)32)16-18-9-11-19(12-10-18)20-6-3-4-7-21(20)26/h3-4,6-7,9-12,22H,2,5,8,13-17H2,1H3/t22-/m1/s1. The Morgan fingerprint density at radius 1 is 1.00 bits per heavy atom. The Balaban J connectivity index is 1.52. The Bertz CT molecular complexity index is 1010. The lowest BCUT2D eigenvalue weighted by molar-refractivity contribution is -0.152. The number of likely N-dealkylation sites (N-methyl/N-ethyl adjacent to an activating group) is 1. The summed E-state index contributed by atoms with van der Waals surface area (Å²) in [5.41, 5.74) is 2.19. The second-order valence-corrected chi connectivity index (χ2v) is 8.32. The van der Waals surface area contributed by atoms with Crippen LogP contribution >= 0.6 is 0 Å². The van der Waals surface area contributed by atoms with Gasteiger partial charge in [-0.15, -0.1) is 0 Å². The highest BCUT2D eigenvalue weighted by molar-refractivity contribution is 5.91. The molecule has 2 heterocycles. The summed E-state index contributed by atoms with van der Waals surface area (Å²) in [4.78, 5) is 43.1. The number of nitrogens with zero attached hydrogens (tertiary/aromatic N) is 3. The van der Waals surface area contributed by atoms with Gasteiger partial charge in [-0.2, -0.15) is 0 Å². The van der Waals surface area contributed by atoms with E-state index in [0.717, 1.165) is 17.5 Å². The number of hydrogen-bond acceptors (Lipinski definition) is 3. The fourth-order valence-corrected chi connectivity index (χ4v) is 4.51. The fourth-order valence-electron chi connectivity index (χ4n) is 4.51. The molecule has 2 saturated heterocycles. The van der Waals surface area contributed by atoms with E-state index in [2.05, 4.69) is 0 Å². The summed E-state index contributed by atoms with van der Waals surface area (Å²) in [6.07, 6.45) is 1.63. The van der Waals surface area contributed by atoms with Crippen LogP contribution < -0.4 is 0 Å². The third-order valence-corrected chi connectivity index (χ3v) is 6.35. The Hall–Kier alpha value is -3.22.